The molecule has 0 heterocycles. The summed E-state index contributed by atoms with van der Waals surface area (Å²) in [5.74, 6) is 6.59. The quantitative estimate of drug-likeness (QED) is 0.388. The minimum absolute atomic E-state index is 0.0380. The molecule has 72 valence electrons. The Labute approximate surface area is 78.4 Å². The first-order chi connectivity index (χ1) is 5.61. The molecule has 0 saturated heterocycles. The van der Waals surface area contributed by atoms with Gasteiger partial charge >= 0.3 is 0 Å². The van der Waals surface area contributed by atoms with E-state index in [1.807, 2.05) is 6.92 Å². The molecule has 0 saturated carbocycles. The van der Waals surface area contributed by atoms with E-state index in [4.69, 9.17) is 5.84 Å². The highest BCUT2D eigenvalue weighted by atomic mass is 32.2. The normalized spacial score (nSPS) is 15.3. The summed E-state index contributed by atoms with van der Waals surface area (Å²) in [7, 11) is 0. The molecule has 0 spiro atoms. The summed E-state index contributed by atoms with van der Waals surface area (Å²) >= 11 is 1.65. The van der Waals surface area contributed by atoms with Crippen LogP contribution in [0.1, 0.15) is 27.2 Å². The Kier molecular flexibility index (Phi) is 6.20. The van der Waals surface area contributed by atoms with Gasteiger partial charge < -0.3 is 0 Å². The van der Waals surface area contributed by atoms with Gasteiger partial charge in [0, 0.05) is 0 Å². The number of rotatable bonds is 5. The van der Waals surface area contributed by atoms with E-state index < -0.39 is 0 Å². The van der Waals surface area contributed by atoms with Crippen LogP contribution in [0.5, 0.6) is 0 Å². The second-order valence-corrected chi connectivity index (χ2v) is 4.37. The highest BCUT2D eigenvalue weighted by Gasteiger charge is 2.12. The highest BCUT2D eigenvalue weighted by Crippen LogP contribution is 2.16. The van der Waals surface area contributed by atoms with Gasteiger partial charge in [-0.1, -0.05) is 20.3 Å². The van der Waals surface area contributed by atoms with Crippen molar-refractivity contribution in [3.05, 3.63) is 0 Å². The molecule has 0 radical (unpaired) electrons. The van der Waals surface area contributed by atoms with Crippen molar-refractivity contribution in [1.29, 1.82) is 0 Å². The van der Waals surface area contributed by atoms with Crippen LogP contribution >= 0.6 is 11.8 Å². The van der Waals surface area contributed by atoms with Crippen LogP contribution in [0.3, 0.4) is 0 Å². The molecular formula is C8H18N2OS. The summed E-state index contributed by atoms with van der Waals surface area (Å²) in [5.41, 5.74) is 2.15. The first-order valence-corrected chi connectivity index (χ1v) is 5.28. The number of carbonyl (C=O) groups excluding carboxylic acids is 1. The van der Waals surface area contributed by atoms with Crippen LogP contribution in [0.25, 0.3) is 0 Å². The average molecular weight is 190 g/mol. The standard InChI is InChI=1S/C8H18N2OS/c1-4-6(2)5-12-7(3)8(11)10-9/h6-7H,4-5,9H2,1-3H3,(H,10,11). The van der Waals surface area contributed by atoms with Crippen molar-refractivity contribution in [3.63, 3.8) is 0 Å². The predicted octanol–water partition coefficient (Wildman–Crippen LogP) is 1.14. The van der Waals surface area contributed by atoms with Crippen LogP contribution in [0, 0.1) is 5.92 Å². The van der Waals surface area contributed by atoms with Crippen molar-refractivity contribution in [1.82, 2.24) is 5.43 Å². The molecule has 1 amide bonds. The van der Waals surface area contributed by atoms with Crippen LogP contribution in [0.15, 0.2) is 0 Å². The Hall–Kier alpha value is -0.220. The van der Waals surface area contributed by atoms with E-state index in [2.05, 4.69) is 19.3 Å². The zero-order valence-corrected chi connectivity index (χ0v) is 8.78. The second-order valence-electron chi connectivity index (χ2n) is 3.00. The Morgan fingerprint density at radius 2 is 2.17 bits per heavy atom. The fourth-order valence-electron chi connectivity index (χ4n) is 0.619. The topological polar surface area (TPSA) is 55.1 Å². The lowest BCUT2D eigenvalue weighted by Gasteiger charge is -2.12. The van der Waals surface area contributed by atoms with Gasteiger partial charge in [0.25, 0.3) is 0 Å². The third-order valence-corrected chi connectivity index (χ3v) is 3.31. The summed E-state index contributed by atoms with van der Waals surface area (Å²) < 4.78 is 0. The molecule has 2 unspecified atom stereocenters. The highest BCUT2D eigenvalue weighted by molar-refractivity contribution is 8.00. The second kappa shape index (κ2) is 6.31. The largest absolute Gasteiger partial charge is 0.293 e. The van der Waals surface area contributed by atoms with Gasteiger partial charge in [-0.05, 0) is 18.6 Å². The number of nitrogens with two attached hydrogens (primary N) is 1. The van der Waals surface area contributed by atoms with E-state index in [9.17, 15) is 4.79 Å². The molecule has 0 aliphatic heterocycles. The molecule has 0 aromatic carbocycles. The summed E-state index contributed by atoms with van der Waals surface area (Å²) in [6.07, 6.45) is 1.16. The molecule has 0 aromatic rings. The molecule has 0 aliphatic carbocycles. The van der Waals surface area contributed by atoms with Gasteiger partial charge in [-0.2, -0.15) is 0 Å². The van der Waals surface area contributed by atoms with Crippen molar-refractivity contribution in [2.75, 3.05) is 5.75 Å². The van der Waals surface area contributed by atoms with Crippen molar-refractivity contribution in [2.45, 2.75) is 32.4 Å². The number of thioether (sulfide) groups is 1. The summed E-state index contributed by atoms with van der Waals surface area (Å²) in [6.45, 7) is 6.20. The molecule has 0 rings (SSSR count). The third kappa shape index (κ3) is 4.62. The summed E-state index contributed by atoms with van der Waals surface area (Å²) in [6, 6.07) is 0. The average Bonchev–Trinajstić information content (AvgIpc) is 2.11. The van der Waals surface area contributed by atoms with Gasteiger partial charge in [0.15, 0.2) is 0 Å². The predicted molar refractivity (Wildman–Crippen MR) is 53.7 cm³/mol. The fourth-order valence-corrected chi connectivity index (χ4v) is 1.69. The Morgan fingerprint density at radius 3 is 2.58 bits per heavy atom. The van der Waals surface area contributed by atoms with E-state index >= 15 is 0 Å². The Balaban J connectivity index is 3.56. The zero-order chi connectivity index (χ0) is 9.56. The Morgan fingerprint density at radius 1 is 1.58 bits per heavy atom. The number of carbonyl (C=O) groups is 1. The van der Waals surface area contributed by atoms with Gasteiger partial charge in [0.2, 0.25) is 5.91 Å². The summed E-state index contributed by atoms with van der Waals surface area (Å²) in [4.78, 5) is 11.0. The zero-order valence-electron chi connectivity index (χ0n) is 7.96. The van der Waals surface area contributed by atoms with E-state index in [0.29, 0.717) is 5.92 Å². The fraction of sp³-hybridized carbons (Fsp3) is 0.875. The molecule has 2 atom stereocenters. The van der Waals surface area contributed by atoms with Crippen molar-refractivity contribution >= 4 is 17.7 Å². The Bertz CT molecular complexity index is 141. The van der Waals surface area contributed by atoms with Crippen LogP contribution in [0.2, 0.25) is 0 Å². The van der Waals surface area contributed by atoms with Gasteiger partial charge in [0.05, 0.1) is 5.25 Å². The van der Waals surface area contributed by atoms with E-state index in [-0.39, 0.29) is 11.2 Å². The lowest BCUT2D eigenvalue weighted by Crippen LogP contribution is -2.36. The van der Waals surface area contributed by atoms with Gasteiger partial charge in [-0.25, -0.2) is 5.84 Å². The van der Waals surface area contributed by atoms with Gasteiger partial charge in [-0.15, -0.1) is 11.8 Å². The van der Waals surface area contributed by atoms with Crippen LogP contribution in [0.4, 0.5) is 0 Å². The maximum atomic E-state index is 11.0. The molecule has 0 bridgehead atoms. The molecule has 12 heavy (non-hydrogen) atoms. The molecule has 0 aromatic heterocycles. The first-order valence-electron chi connectivity index (χ1n) is 4.23. The monoisotopic (exact) mass is 190 g/mol. The molecule has 3 N–H and O–H groups in total. The van der Waals surface area contributed by atoms with Crippen LogP contribution in [-0.2, 0) is 4.79 Å². The van der Waals surface area contributed by atoms with Gasteiger partial charge in [-0.3, -0.25) is 10.2 Å². The lowest BCUT2D eigenvalue weighted by atomic mass is 10.2. The third-order valence-electron chi connectivity index (χ3n) is 1.84. The van der Waals surface area contributed by atoms with Gasteiger partial charge in [0.1, 0.15) is 0 Å². The number of hydrogen-bond acceptors (Lipinski definition) is 3. The van der Waals surface area contributed by atoms with Crippen molar-refractivity contribution < 1.29 is 4.79 Å². The number of hydrogen-bond donors (Lipinski definition) is 2. The minimum atomic E-state index is -0.0942. The van der Waals surface area contributed by atoms with E-state index in [1.165, 1.54) is 0 Å². The molecule has 0 aliphatic rings. The molecule has 4 heteroatoms. The summed E-state index contributed by atoms with van der Waals surface area (Å²) in [5, 5.41) is -0.0380. The van der Waals surface area contributed by atoms with Crippen molar-refractivity contribution in [3.8, 4) is 0 Å². The minimum Gasteiger partial charge on any atom is -0.293 e. The van der Waals surface area contributed by atoms with E-state index in [0.717, 1.165) is 12.2 Å². The first kappa shape index (κ1) is 11.8. The van der Waals surface area contributed by atoms with Crippen molar-refractivity contribution in [2.24, 2.45) is 11.8 Å². The molecule has 0 fully saturated rings. The van der Waals surface area contributed by atoms with Crippen LogP contribution in [-0.4, -0.2) is 16.9 Å². The smallest absolute Gasteiger partial charge is 0.246 e. The molecule has 3 nitrogen and oxygen atoms in total. The maximum Gasteiger partial charge on any atom is 0.246 e. The van der Waals surface area contributed by atoms with Crippen LogP contribution < -0.4 is 11.3 Å². The number of nitrogens with one attached hydrogen (secondary N) is 1. The SMILES string of the molecule is CCC(C)CSC(C)C(=O)NN. The lowest BCUT2D eigenvalue weighted by molar-refractivity contribution is -0.120. The maximum absolute atomic E-state index is 11.0. The number of hydrazine groups is 1. The molecular weight excluding hydrogens is 172 g/mol. The number of amides is 1. The van der Waals surface area contributed by atoms with E-state index in [1.54, 1.807) is 11.8 Å².